The van der Waals surface area contributed by atoms with E-state index in [0.29, 0.717) is 12.1 Å². The fraction of sp³-hybridized carbons (Fsp3) is 0.462. The highest BCUT2D eigenvalue weighted by Crippen LogP contribution is 2.15. The van der Waals surface area contributed by atoms with Crippen LogP contribution in [0.15, 0.2) is 18.2 Å². The average molecular weight is 335 g/mol. The number of hydrogen-bond donors (Lipinski definition) is 2. The second kappa shape index (κ2) is 6.72. The number of rotatable bonds is 4. The molecule has 0 radical (unpaired) electrons. The van der Waals surface area contributed by atoms with Gasteiger partial charge in [-0.3, -0.25) is 4.79 Å². The molecule has 1 aliphatic heterocycles. The van der Waals surface area contributed by atoms with Gasteiger partial charge in [0.15, 0.2) is 9.84 Å². The second-order valence-electron chi connectivity index (χ2n) is 4.99. The number of carbonyl (C=O) groups is 1. The van der Waals surface area contributed by atoms with Gasteiger partial charge in [-0.1, -0.05) is 17.7 Å². The number of halogens is 2. The maximum atomic E-state index is 13.0. The Morgan fingerprint density at radius 3 is 2.90 bits per heavy atom. The summed E-state index contributed by atoms with van der Waals surface area (Å²) in [6, 6.07) is 3.85. The molecule has 1 heterocycles. The van der Waals surface area contributed by atoms with Crippen molar-refractivity contribution in [3.05, 3.63) is 34.6 Å². The van der Waals surface area contributed by atoms with Gasteiger partial charge in [-0.2, -0.15) is 0 Å². The first kappa shape index (κ1) is 16.2. The predicted molar refractivity (Wildman–Crippen MR) is 78.3 cm³/mol. The first-order chi connectivity index (χ1) is 9.85. The Bertz CT molecular complexity index is 636. The normalized spacial score (nSPS) is 21.0. The van der Waals surface area contributed by atoms with E-state index >= 15 is 0 Å². The van der Waals surface area contributed by atoms with Crippen LogP contribution in [-0.4, -0.2) is 38.4 Å². The Hall–Kier alpha value is -1.18. The van der Waals surface area contributed by atoms with Crippen LogP contribution in [0.5, 0.6) is 0 Å². The molecule has 2 rings (SSSR count). The van der Waals surface area contributed by atoms with Gasteiger partial charge in [0.2, 0.25) is 5.91 Å². The zero-order chi connectivity index (χ0) is 15.5. The zero-order valence-electron chi connectivity index (χ0n) is 11.2. The topological polar surface area (TPSA) is 75.3 Å². The van der Waals surface area contributed by atoms with Gasteiger partial charge in [0.1, 0.15) is 5.82 Å². The Labute approximate surface area is 127 Å². The lowest BCUT2D eigenvalue weighted by molar-refractivity contribution is -0.121. The molecule has 1 aromatic carbocycles. The van der Waals surface area contributed by atoms with E-state index in [9.17, 15) is 17.6 Å². The minimum Gasteiger partial charge on any atom is -0.352 e. The lowest BCUT2D eigenvalue weighted by Gasteiger charge is -2.23. The molecular formula is C13H16ClFN2O3S. The van der Waals surface area contributed by atoms with Gasteiger partial charge in [0.05, 0.1) is 16.5 Å². The van der Waals surface area contributed by atoms with Crippen LogP contribution >= 0.6 is 11.6 Å². The summed E-state index contributed by atoms with van der Waals surface area (Å²) in [6.07, 6.45) is 0.0914. The minimum absolute atomic E-state index is 0.00166. The van der Waals surface area contributed by atoms with Crippen molar-refractivity contribution in [2.45, 2.75) is 19.0 Å². The Morgan fingerprint density at radius 2 is 2.24 bits per heavy atom. The third-order valence-corrected chi connectivity index (χ3v) is 5.23. The van der Waals surface area contributed by atoms with Crippen molar-refractivity contribution in [3.8, 4) is 0 Å². The molecule has 0 bridgehead atoms. The zero-order valence-corrected chi connectivity index (χ0v) is 12.8. The summed E-state index contributed by atoms with van der Waals surface area (Å²) in [5.74, 6) is -0.685. The van der Waals surface area contributed by atoms with Crippen molar-refractivity contribution in [3.63, 3.8) is 0 Å². The maximum absolute atomic E-state index is 13.0. The number of hydrogen-bond acceptors (Lipinski definition) is 4. The molecule has 0 saturated carbocycles. The Kier molecular flexibility index (Phi) is 5.18. The van der Waals surface area contributed by atoms with Gasteiger partial charge in [-0.05, 0) is 17.7 Å². The Morgan fingerprint density at radius 1 is 1.48 bits per heavy atom. The number of benzene rings is 1. The van der Waals surface area contributed by atoms with E-state index in [1.165, 1.54) is 18.2 Å². The van der Waals surface area contributed by atoms with Crippen LogP contribution in [0.4, 0.5) is 4.39 Å². The molecule has 1 unspecified atom stereocenters. The van der Waals surface area contributed by atoms with E-state index in [0.717, 1.165) is 0 Å². The molecule has 1 saturated heterocycles. The van der Waals surface area contributed by atoms with Crippen molar-refractivity contribution in [1.82, 2.24) is 10.6 Å². The molecular weight excluding hydrogens is 319 g/mol. The van der Waals surface area contributed by atoms with Crippen LogP contribution in [-0.2, 0) is 21.2 Å². The lowest BCUT2D eigenvalue weighted by atomic mass is 10.2. The minimum atomic E-state index is -3.06. The first-order valence-electron chi connectivity index (χ1n) is 6.50. The molecule has 21 heavy (non-hydrogen) atoms. The highest BCUT2D eigenvalue weighted by Gasteiger charge is 2.25. The van der Waals surface area contributed by atoms with Gasteiger partial charge in [0.25, 0.3) is 0 Å². The van der Waals surface area contributed by atoms with Gasteiger partial charge in [-0.25, -0.2) is 12.8 Å². The molecule has 1 aromatic rings. The quantitative estimate of drug-likeness (QED) is 0.857. The molecule has 8 heteroatoms. The summed E-state index contributed by atoms with van der Waals surface area (Å²) >= 11 is 5.65. The van der Waals surface area contributed by atoms with Crippen LogP contribution in [0.25, 0.3) is 0 Å². The Balaban J connectivity index is 1.83. The summed E-state index contributed by atoms with van der Waals surface area (Å²) in [7, 11) is -3.06. The molecule has 5 nitrogen and oxygen atoms in total. The van der Waals surface area contributed by atoms with Crippen molar-refractivity contribution < 1.29 is 17.6 Å². The highest BCUT2D eigenvalue weighted by atomic mass is 35.5. The van der Waals surface area contributed by atoms with Crippen LogP contribution in [0.3, 0.4) is 0 Å². The van der Waals surface area contributed by atoms with Gasteiger partial charge < -0.3 is 10.6 Å². The highest BCUT2D eigenvalue weighted by molar-refractivity contribution is 7.91. The predicted octanol–water partition coefficient (Wildman–Crippen LogP) is 0.872. The van der Waals surface area contributed by atoms with Crippen LogP contribution < -0.4 is 10.6 Å². The molecule has 116 valence electrons. The summed E-state index contributed by atoms with van der Waals surface area (Å²) in [6.45, 7) is 0.589. The number of amides is 1. The summed E-state index contributed by atoms with van der Waals surface area (Å²) in [5, 5.41) is 5.68. The number of carbonyl (C=O) groups excluding carboxylic acids is 1. The standard InChI is InChI=1S/C13H16ClFN2O3S/c14-11-5-9(1-2-12(11)15)7-17-13(18)6-10-8-21(19,20)4-3-16-10/h1-2,5,10,16H,3-4,6-8H2,(H,17,18). The molecule has 1 fully saturated rings. The smallest absolute Gasteiger partial charge is 0.221 e. The van der Waals surface area contributed by atoms with E-state index < -0.39 is 15.7 Å². The average Bonchev–Trinajstić information content (AvgIpc) is 2.39. The van der Waals surface area contributed by atoms with E-state index in [2.05, 4.69) is 10.6 Å². The summed E-state index contributed by atoms with van der Waals surface area (Å²) in [4.78, 5) is 11.8. The summed E-state index contributed by atoms with van der Waals surface area (Å²) in [5.41, 5.74) is 0.680. The van der Waals surface area contributed by atoms with E-state index in [1.807, 2.05) is 0 Å². The maximum Gasteiger partial charge on any atom is 0.221 e. The van der Waals surface area contributed by atoms with E-state index in [4.69, 9.17) is 11.6 Å². The third kappa shape index (κ3) is 4.94. The van der Waals surface area contributed by atoms with Crippen molar-refractivity contribution in [2.24, 2.45) is 0 Å². The van der Waals surface area contributed by atoms with Crippen LogP contribution in [0.1, 0.15) is 12.0 Å². The third-order valence-electron chi connectivity index (χ3n) is 3.21. The van der Waals surface area contributed by atoms with Crippen molar-refractivity contribution >= 4 is 27.3 Å². The van der Waals surface area contributed by atoms with Gasteiger partial charge >= 0.3 is 0 Å². The fourth-order valence-corrected chi connectivity index (χ4v) is 3.79. The largest absolute Gasteiger partial charge is 0.352 e. The molecule has 0 aromatic heterocycles. The van der Waals surface area contributed by atoms with Gasteiger partial charge in [0, 0.05) is 25.6 Å². The number of sulfone groups is 1. The van der Waals surface area contributed by atoms with E-state index in [1.54, 1.807) is 0 Å². The van der Waals surface area contributed by atoms with E-state index in [-0.39, 0.29) is 41.4 Å². The monoisotopic (exact) mass is 334 g/mol. The van der Waals surface area contributed by atoms with Crippen LogP contribution in [0.2, 0.25) is 5.02 Å². The number of nitrogens with one attached hydrogen (secondary N) is 2. The lowest BCUT2D eigenvalue weighted by Crippen LogP contribution is -2.47. The molecule has 1 amide bonds. The van der Waals surface area contributed by atoms with Crippen molar-refractivity contribution in [2.75, 3.05) is 18.1 Å². The molecule has 1 atom stereocenters. The molecule has 2 N–H and O–H groups in total. The molecule has 1 aliphatic rings. The second-order valence-corrected chi connectivity index (χ2v) is 7.63. The van der Waals surface area contributed by atoms with Gasteiger partial charge in [-0.15, -0.1) is 0 Å². The first-order valence-corrected chi connectivity index (χ1v) is 8.70. The van der Waals surface area contributed by atoms with Crippen LogP contribution in [0, 0.1) is 5.82 Å². The SMILES string of the molecule is O=C(CC1CS(=O)(=O)CCN1)NCc1ccc(F)c(Cl)c1. The van der Waals surface area contributed by atoms with Crippen molar-refractivity contribution in [1.29, 1.82) is 0 Å². The molecule has 0 aliphatic carbocycles. The molecule has 0 spiro atoms. The fourth-order valence-electron chi connectivity index (χ4n) is 2.14. The summed E-state index contributed by atoms with van der Waals surface area (Å²) < 4.78 is 35.9.